The Morgan fingerprint density at radius 1 is 1.25 bits per heavy atom. The largest absolute Gasteiger partial charge is 0.468 e. The van der Waals surface area contributed by atoms with Gasteiger partial charge in [0.25, 0.3) is 0 Å². The standard InChI is InChI=1S/C13H11ClN2O4/c1-20-11(17)8-15-5-6-16(13(19)12(15)18)10-4-2-3-9(14)7-10/h2-7H,8H2,1H3. The molecule has 0 bridgehead atoms. The maximum atomic E-state index is 12.0. The Morgan fingerprint density at radius 3 is 2.65 bits per heavy atom. The van der Waals surface area contributed by atoms with E-state index in [1.165, 1.54) is 24.1 Å². The van der Waals surface area contributed by atoms with E-state index < -0.39 is 17.1 Å². The van der Waals surface area contributed by atoms with E-state index in [1.54, 1.807) is 24.3 Å². The zero-order valence-electron chi connectivity index (χ0n) is 10.6. The molecule has 6 nitrogen and oxygen atoms in total. The molecular weight excluding hydrogens is 284 g/mol. The van der Waals surface area contributed by atoms with Gasteiger partial charge in [-0.25, -0.2) is 0 Å². The molecule has 0 amide bonds. The van der Waals surface area contributed by atoms with E-state index >= 15 is 0 Å². The summed E-state index contributed by atoms with van der Waals surface area (Å²) in [5.41, 5.74) is -1.10. The molecule has 0 saturated carbocycles. The summed E-state index contributed by atoms with van der Waals surface area (Å²) >= 11 is 5.85. The minimum absolute atomic E-state index is 0.305. The molecule has 0 N–H and O–H groups in total. The highest BCUT2D eigenvalue weighted by molar-refractivity contribution is 6.30. The van der Waals surface area contributed by atoms with Gasteiger partial charge in [0, 0.05) is 17.4 Å². The van der Waals surface area contributed by atoms with Crippen LogP contribution in [0.5, 0.6) is 0 Å². The number of aromatic nitrogens is 2. The van der Waals surface area contributed by atoms with Crippen molar-refractivity contribution in [1.82, 2.24) is 9.13 Å². The van der Waals surface area contributed by atoms with Gasteiger partial charge in [0.15, 0.2) is 0 Å². The van der Waals surface area contributed by atoms with Crippen molar-refractivity contribution in [2.75, 3.05) is 7.11 Å². The van der Waals surface area contributed by atoms with Gasteiger partial charge in [0.2, 0.25) is 0 Å². The van der Waals surface area contributed by atoms with Crippen molar-refractivity contribution in [2.45, 2.75) is 6.54 Å². The van der Waals surface area contributed by atoms with Crippen molar-refractivity contribution in [3.63, 3.8) is 0 Å². The maximum Gasteiger partial charge on any atom is 0.325 e. The average molecular weight is 295 g/mol. The molecule has 0 atom stereocenters. The molecule has 1 aromatic carbocycles. The summed E-state index contributed by atoms with van der Waals surface area (Å²) in [4.78, 5) is 35.0. The minimum Gasteiger partial charge on any atom is -0.468 e. The van der Waals surface area contributed by atoms with E-state index in [2.05, 4.69) is 4.74 Å². The van der Waals surface area contributed by atoms with Crippen LogP contribution in [0.2, 0.25) is 5.02 Å². The summed E-state index contributed by atoms with van der Waals surface area (Å²) in [7, 11) is 1.21. The van der Waals surface area contributed by atoms with E-state index in [-0.39, 0.29) is 6.54 Å². The molecule has 0 radical (unpaired) electrons. The van der Waals surface area contributed by atoms with Crippen LogP contribution in [0.15, 0.2) is 46.2 Å². The Hall–Kier alpha value is -2.34. The molecule has 2 aromatic rings. The predicted molar refractivity (Wildman–Crippen MR) is 73.3 cm³/mol. The zero-order chi connectivity index (χ0) is 14.7. The second-order valence-electron chi connectivity index (χ2n) is 3.96. The molecule has 104 valence electrons. The summed E-state index contributed by atoms with van der Waals surface area (Å²) < 4.78 is 6.62. The van der Waals surface area contributed by atoms with Gasteiger partial charge in [-0.2, -0.15) is 0 Å². The van der Waals surface area contributed by atoms with Gasteiger partial charge in [-0.15, -0.1) is 0 Å². The Balaban J connectivity index is 2.49. The molecule has 7 heteroatoms. The number of hydrogen-bond acceptors (Lipinski definition) is 4. The Morgan fingerprint density at radius 2 is 2.00 bits per heavy atom. The first kappa shape index (κ1) is 14.1. The van der Waals surface area contributed by atoms with Crippen LogP contribution < -0.4 is 11.1 Å². The monoisotopic (exact) mass is 294 g/mol. The van der Waals surface area contributed by atoms with Crippen LogP contribution in [0.3, 0.4) is 0 Å². The van der Waals surface area contributed by atoms with Crippen molar-refractivity contribution in [1.29, 1.82) is 0 Å². The second kappa shape index (κ2) is 5.75. The third-order valence-electron chi connectivity index (χ3n) is 2.67. The number of esters is 1. The van der Waals surface area contributed by atoms with Crippen LogP contribution >= 0.6 is 11.6 Å². The molecule has 1 aromatic heterocycles. The summed E-state index contributed by atoms with van der Waals surface area (Å²) in [5, 5.41) is 0.452. The maximum absolute atomic E-state index is 12.0. The zero-order valence-corrected chi connectivity index (χ0v) is 11.3. The van der Waals surface area contributed by atoms with Crippen molar-refractivity contribution < 1.29 is 9.53 Å². The van der Waals surface area contributed by atoms with Crippen LogP contribution in [-0.2, 0) is 16.1 Å². The van der Waals surface area contributed by atoms with Crippen LogP contribution in [-0.4, -0.2) is 22.2 Å². The van der Waals surface area contributed by atoms with E-state index in [4.69, 9.17) is 11.6 Å². The number of hydrogen-bond donors (Lipinski definition) is 0. The Labute approximate surface area is 118 Å². The topological polar surface area (TPSA) is 70.3 Å². The van der Waals surface area contributed by atoms with E-state index in [1.807, 2.05) is 0 Å². The Bertz CT molecular complexity index is 763. The summed E-state index contributed by atoms with van der Waals surface area (Å²) in [5.74, 6) is -0.605. The first-order chi connectivity index (χ1) is 9.52. The summed E-state index contributed by atoms with van der Waals surface area (Å²) in [6, 6.07) is 6.54. The van der Waals surface area contributed by atoms with E-state index in [0.717, 1.165) is 4.57 Å². The Kier molecular flexibility index (Phi) is 4.05. The summed E-state index contributed by atoms with van der Waals surface area (Å²) in [6.45, 7) is -0.305. The fourth-order valence-corrected chi connectivity index (χ4v) is 1.85. The van der Waals surface area contributed by atoms with Gasteiger partial charge in [0.05, 0.1) is 12.8 Å². The number of carbonyl (C=O) groups excluding carboxylic acids is 1. The molecule has 0 aliphatic heterocycles. The molecule has 0 spiro atoms. The van der Waals surface area contributed by atoms with Gasteiger partial charge < -0.3 is 4.74 Å². The lowest BCUT2D eigenvalue weighted by molar-refractivity contribution is -0.141. The SMILES string of the molecule is COC(=O)Cn1ccn(-c2cccc(Cl)c2)c(=O)c1=O. The molecule has 1 heterocycles. The molecule has 0 fully saturated rings. The first-order valence-corrected chi connectivity index (χ1v) is 6.05. The lowest BCUT2D eigenvalue weighted by Gasteiger charge is -2.08. The molecule has 0 aliphatic carbocycles. The van der Waals surface area contributed by atoms with Crippen molar-refractivity contribution in [2.24, 2.45) is 0 Å². The van der Waals surface area contributed by atoms with Crippen molar-refractivity contribution in [3.05, 3.63) is 62.4 Å². The number of benzene rings is 1. The molecule has 2 rings (SSSR count). The molecule has 20 heavy (non-hydrogen) atoms. The van der Waals surface area contributed by atoms with Crippen molar-refractivity contribution in [3.8, 4) is 5.69 Å². The number of halogens is 1. The van der Waals surface area contributed by atoms with Crippen LogP contribution in [0.1, 0.15) is 0 Å². The highest BCUT2D eigenvalue weighted by Gasteiger charge is 2.09. The lowest BCUT2D eigenvalue weighted by atomic mass is 10.3. The van der Waals surface area contributed by atoms with Gasteiger partial charge in [-0.05, 0) is 18.2 Å². The van der Waals surface area contributed by atoms with E-state index in [9.17, 15) is 14.4 Å². The minimum atomic E-state index is -0.808. The van der Waals surface area contributed by atoms with Gasteiger partial charge in [0.1, 0.15) is 6.54 Å². The highest BCUT2D eigenvalue weighted by atomic mass is 35.5. The van der Waals surface area contributed by atoms with Crippen molar-refractivity contribution >= 4 is 17.6 Å². The number of rotatable bonds is 3. The van der Waals surface area contributed by atoms with Crippen LogP contribution in [0.4, 0.5) is 0 Å². The predicted octanol–water partition coefficient (Wildman–Crippen LogP) is 0.826. The van der Waals surface area contributed by atoms with Gasteiger partial charge in [-0.3, -0.25) is 23.5 Å². The fraction of sp³-hybridized carbons (Fsp3) is 0.154. The summed E-state index contributed by atoms with van der Waals surface area (Å²) in [6.07, 6.45) is 2.75. The quantitative estimate of drug-likeness (QED) is 0.621. The third kappa shape index (κ3) is 2.80. The normalized spacial score (nSPS) is 10.3. The number of nitrogens with zero attached hydrogens (tertiary/aromatic N) is 2. The third-order valence-corrected chi connectivity index (χ3v) is 2.91. The van der Waals surface area contributed by atoms with Gasteiger partial charge in [-0.1, -0.05) is 17.7 Å². The van der Waals surface area contributed by atoms with E-state index in [0.29, 0.717) is 10.7 Å². The second-order valence-corrected chi connectivity index (χ2v) is 4.40. The lowest BCUT2D eigenvalue weighted by Crippen LogP contribution is -2.41. The molecule has 0 unspecified atom stereocenters. The smallest absolute Gasteiger partial charge is 0.325 e. The fourth-order valence-electron chi connectivity index (χ4n) is 1.67. The number of ether oxygens (including phenoxy) is 1. The average Bonchev–Trinajstić information content (AvgIpc) is 2.44. The first-order valence-electron chi connectivity index (χ1n) is 5.68. The molecular formula is C13H11ClN2O4. The van der Waals surface area contributed by atoms with Crippen LogP contribution in [0, 0.1) is 0 Å². The van der Waals surface area contributed by atoms with Gasteiger partial charge >= 0.3 is 17.1 Å². The molecule has 0 aliphatic rings. The molecule has 0 saturated heterocycles. The van der Waals surface area contributed by atoms with Crippen LogP contribution in [0.25, 0.3) is 5.69 Å². The highest BCUT2D eigenvalue weighted by Crippen LogP contribution is 2.12. The number of methoxy groups -OCH3 is 1. The number of carbonyl (C=O) groups is 1.